The van der Waals surface area contributed by atoms with Gasteiger partial charge in [-0.1, -0.05) is 96.6 Å². The van der Waals surface area contributed by atoms with Crippen molar-refractivity contribution in [2.75, 3.05) is 0 Å². The second kappa shape index (κ2) is 10.3. The fourth-order valence-electron chi connectivity index (χ4n) is 4.43. The molecule has 4 nitrogen and oxygen atoms in total. The van der Waals surface area contributed by atoms with Crippen LogP contribution in [0.3, 0.4) is 0 Å². The van der Waals surface area contributed by atoms with Crippen LogP contribution in [0, 0.1) is 0 Å². The maximum atomic E-state index is 6.62. The smallest absolute Gasteiger partial charge is 0.163 e. The van der Waals surface area contributed by atoms with E-state index in [9.17, 15) is 0 Å². The average molecular weight is 499 g/mol. The summed E-state index contributed by atoms with van der Waals surface area (Å²) >= 11 is 6.62. The Morgan fingerprint density at radius 2 is 1.35 bits per heavy atom. The summed E-state index contributed by atoms with van der Waals surface area (Å²) in [5.74, 6) is 2.13. The fraction of sp³-hybridized carbons (Fsp3) is 0.0625. The van der Waals surface area contributed by atoms with Crippen LogP contribution < -0.4 is 0 Å². The van der Waals surface area contributed by atoms with E-state index < -0.39 is 0 Å². The van der Waals surface area contributed by atoms with Crippen LogP contribution in [0.25, 0.3) is 45.2 Å². The summed E-state index contributed by atoms with van der Waals surface area (Å²) in [5, 5.41) is 0.630. The molecule has 0 radical (unpaired) electrons. The predicted molar refractivity (Wildman–Crippen MR) is 150 cm³/mol. The van der Waals surface area contributed by atoms with Gasteiger partial charge in [-0.15, -0.1) is 0 Å². The normalized spacial score (nSPS) is 14.6. The zero-order valence-electron chi connectivity index (χ0n) is 20.0. The first-order chi connectivity index (χ1) is 18.2. The Morgan fingerprint density at radius 3 is 2.08 bits per heavy atom. The lowest BCUT2D eigenvalue weighted by Gasteiger charge is -2.15. The maximum Gasteiger partial charge on any atom is 0.163 e. The van der Waals surface area contributed by atoms with Crippen molar-refractivity contribution in [1.82, 2.24) is 19.9 Å². The highest BCUT2D eigenvalue weighted by Crippen LogP contribution is 2.32. The van der Waals surface area contributed by atoms with Gasteiger partial charge < -0.3 is 0 Å². The number of benzene rings is 3. The second-order valence-corrected chi connectivity index (χ2v) is 9.32. The van der Waals surface area contributed by atoms with Gasteiger partial charge in [-0.25, -0.2) is 15.0 Å². The topological polar surface area (TPSA) is 51.6 Å². The Labute approximate surface area is 221 Å². The molecule has 0 aliphatic heterocycles. The van der Waals surface area contributed by atoms with Crippen LogP contribution in [0.1, 0.15) is 18.2 Å². The lowest BCUT2D eigenvalue weighted by molar-refractivity contribution is 0.764. The van der Waals surface area contributed by atoms with E-state index in [0.717, 1.165) is 45.8 Å². The van der Waals surface area contributed by atoms with E-state index in [1.807, 2.05) is 66.7 Å². The van der Waals surface area contributed by atoms with Gasteiger partial charge in [0.25, 0.3) is 0 Å². The molecule has 0 bridgehead atoms. The molecule has 178 valence electrons. The van der Waals surface area contributed by atoms with E-state index in [1.165, 1.54) is 0 Å². The zero-order valence-corrected chi connectivity index (χ0v) is 20.8. The van der Waals surface area contributed by atoms with Crippen molar-refractivity contribution in [3.05, 3.63) is 132 Å². The SMILES string of the molecule is Clc1cc(-c2ccc(-c3ccccn3)cc2)cc(-c2nc(-c3ccccc3)nc(C3C=CC=CC3)n2)c1. The standard InChI is InChI=1S/C32H23ClN4/c33-28-20-26(22-14-16-23(17-15-22)29-13-7-8-18-34-29)19-27(21-28)32-36-30(24-9-3-1-4-10-24)35-31(37-32)25-11-5-2-6-12-25/h1-11,13-21,25H,12H2. The monoisotopic (exact) mass is 498 g/mol. The van der Waals surface area contributed by atoms with Gasteiger partial charge >= 0.3 is 0 Å². The fourth-order valence-corrected chi connectivity index (χ4v) is 4.66. The minimum absolute atomic E-state index is 0.104. The van der Waals surface area contributed by atoms with E-state index in [2.05, 4.69) is 53.5 Å². The molecule has 1 atom stereocenters. The third-order valence-electron chi connectivity index (χ3n) is 6.33. The van der Waals surface area contributed by atoms with Crippen molar-refractivity contribution >= 4 is 11.6 Å². The summed E-state index contributed by atoms with van der Waals surface area (Å²) in [7, 11) is 0. The van der Waals surface area contributed by atoms with Gasteiger partial charge in [0.2, 0.25) is 0 Å². The number of nitrogens with zero attached hydrogens (tertiary/aromatic N) is 4. The molecule has 1 aliphatic rings. The van der Waals surface area contributed by atoms with Crippen LogP contribution in [0.4, 0.5) is 0 Å². The number of aromatic nitrogens is 4. The van der Waals surface area contributed by atoms with E-state index in [1.54, 1.807) is 6.20 Å². The largest absolute Gasteiger partial charge is 0.256 e. The second-order valence-electron chi connectivity index (χ2n) is 8.88. The van der Waals surface area contributed by atoms with Crippen molar-refractivity contribution < 1.29 is 0 Å². The summed E-state index contributed by atoms with van der Waals surface area (Å²) in [4.78, 5) is 19.1. The molecule has 5 heteroatoms. The van der Waals surface area contributed by atoms with Crippen molar-refractivity contribution in [2.45, 2.75) is 12.3 Å². The van der Waals surface area contributed by atoms with Gasteiger partial charge in [-0.2, -0.15) is 0 Å². The number of halogens is 1. The first-order valence-corrected chi connectivity index (χ1v) is 12.6. The van der Waals surface area contributed by atoms with Gasteiger partial charge in [0, 0.05) is 33.8 Å². The number of rotatable bonds is 5. The highest BCUT2D eigenvalue weighted by molar-refractivity contribution is 6.31. The Balaban J connectivity index is 1.42. The van der Waals surface area contributed by atoms with Crippen LogP contribution >= 0.6 is 11.6 Å². The molecule has 0 fully saturated rings. The molecule has 1 unspecified atom stereocenters. The lowest BCUT2D eigenvalue weighted by atomic mass is 9.99. The van der Waals surface area contributed by atoms with Crippen LogP contribution in [0.15, 0.2) is 121 Å². The zero-order chi connectivity index (χ0) is 25.0. The third kappa shape index (κ3) is 5.11. The first-order valence-electron chi connectivity index (χ1n) is 12.2. The predicted octanol–water partition coefficient (Wildman–Crippen LogP) is 8.19. The quantitative estimate of drug-likeness (QED) is 0.245. The molecule has 3 aromatic carbocycles. The van der Waals surface area contributed by atoms with Gasteiger partial charge in [0.05, 0.1) is 5.69 Å². The number of hydrogen-bond donors (Lipinski definition) is 0. The Morgan fingerprint density at radius 1 is 0.622 bits per heavy atom. The van der Waals surface area contributed by atoms with Crippen molar-refractivity contribution in [2.24, 2.45) is 0 Å². The number of pyridine rings is 1. The van der Waals surface area contributed by atoms with Gasteiger partial charge in [0.1, 0.15) is 5.82 Å². The van der Waals surface area contributed by atoms with E-state index >= 15 is 0 Å². The molecule has 5 aromatic rings. The van der Waals surface area contributed by atoms with Crippen molar-refractivity contribution in [3.63, 3.8) is 0 Å². The van der Waals surface area contributed by atoms with Crippen LogP contribution in [0.2, 0.25) is 5.02 Å². The van der Waals surface area contributed by atoms with Gasteiger partial charge in [0.15, 0.2) is 11.6 Å². The molecule has 0 spiro atoms. The number of hydrogen-bond acceptors (Lipinski definition) is 4. The van der Waals surface area contributed by atoms with E-state index in [4.69, 9.17) is 26.6 Å². The van der Waals surface area contributed by atoms with Crippen molar-refractivity contribution in [3.8, 4) is 45.2 Å². The molecule has 0 saturated carbocycles. The minimum Gasteiger partial charge on any atom is -0.256 e. The lowest BCUT2D eigenvalue weighted by Crippen LogP contribution is -2.07. The molecular formula is C32H23ClN4. The molecule has 2 heterocycles. The van der Waals surface area contributed by atoms with Crippen molar-refractivity contribution in [1.29, 1.82) is 0 Å². The molecule has 6 rings (SSSR count). The van der Waals surface area contributed by atoms with Crippen LogP contribution in [-0.2, 0) is 0 Å². The summed E-state index contributed by atoms with van der Waals surface area (Å²) in [6.45, 7) is 0. The summed E-state index contributed by atoms with van der Waals surface area (Å²) in [6.07, 6.45) is 11.0. The molecular weight excluding hydrogens is 476 g/mol. The van der Waals surface area contributed by atoms with E-state index in [-0.39, 0.29) is 5.92 Å². The summed E-state index contributed by atoms with van der Waals surface area (Å²) in [5.41, 5.74) is 5.87. The Hall–Kier alpha value is -4.41. The molecule has 0 N–H and O–H groups in total. The van der Waals surface area contributed by atoms with Crippen LogP contribution in [-0.4, -0.2) is 19.9 Å². The van der Waals surface area contributed by atoms with Gasteiger partial charge in [-0.05, 0) is 47.9 Å². The highest BCUT2D eigenvalue weighted by Gasteiger charge is 2.18. The van der Waals surface area contributed by atoms with Gasteiger partial charge in [-0.3, -0.25) is 4.98 Å². The highest BCUT2D eigenvalue weighted by atomic mass is 35.5. The van der Waals surface area contributed by atoms with Crippen LogP contribution in [0.5, 0.6) is 0 Å². The van der Waals surface area contributed by atoms with E-state index in [0.29, 0.717) is 16.7 Å². The molecule has 0 saturated heterocycles. The molecule has 0 amide bonds. The number of allylic oxidation sites excluding steroid dienone is 4. The Kier molecular flexibility index (Phi) is 6.40. The maximum absolute atomic E-state index is 6.62. The molecule has 2 aromatic heterocycles. The summed E-state index contributed by atoms with van der Waals surface area (Å²) in [6, 6.07) is 30.2. The Bertz CT molecular complexity index is 1590. The minimum atomic E-state index is 0.104. The third-order valence-corrected chi connectivity index (χ3v) is 6.55. The first kappa shape index (κ1) is 23.0. The average Bonchev–Trinajstić information content (AvgIpc) is 2.98. The molecule has 37 heavy (non-hydrogen) atoms. The molecule has 1 aliphatic carbocycles. The summed E-state index contributed by atoms with van der Waals surface area (Å²) < 4.78 is 0.